The molecule has 0 aliphatic heterocycles. The molecule has 3 aromatic rings. The van der Waals surface area contributed by atoms with Crippen molar-refractivity contribution in [1.29, 1.82) is 0 Å². The van der Waals surface area contributed by atoms with Crippen molar-refractivity contribution in [1.82, 2.24) is 0 Å². The monoisotopic (exact) mass is 574 g/mol. The summed E-state index contributed by atoms with van der Waals surface area (Å²) in [5.74, 6) is 1.22. The predicted octanol–water partition coefficient (Wildman–Crippen LogP) is 7.07. The number of aliphatic imine (C=N–C) groups is 1. The molecule has 0 N–H and O–H groups in total. The van der Waals surface area contributed by atoms with Gasteiger partial charge in [0, 0.05) is 35.0 Å². The van der Waals surface area contributed by atoms with Crippen molar-refractivity contribution in [3.8, 4) is 0 Å². The Balaban J connectivity index is 0.000000630. The molecule has 5 rings (SSSR count). The maximum atomic E-state index is 11.2. The molecule has 0 amide bonds. The van der Waals surface area contributed by atoms with Crippen LogP contribution in [0.2, 0.25) is 0 Å². The topological polar surface area (TPSA) is 55.5 Å². The minimum Gasteiger partial charge on any atom is -0.285 e. The molecule has 0 saturated heterocycles. The predicted molar refractivity (Wildman–Crippen MR) is 159 cm³/mol. The maximum Gasteiger partial charge on any atom is 2.00 e. The van der Waals surface area contributed by atoms with Gasteiger partial charge in [0.25, 0.3) is 5.69 Å². The van der Waals surface area contributed by atoms with E-state index in [4.69, 9.17) is 4.99 Å². The molecule has 6 heteroatoms. The fourth-order valence-electron chi connectivity index (χ4n) is 4.35. The van der Waals surface area contributed by atoms with Gasteiger partial charge < -0.3 is 0 Å². The summed E-state index contributed by atoms with van der Waals surface area (Å²) in [6, 6.07) is 28.0. The van der Waals surface area contributed by atoms with E-state index < -0.39 is 7.92 Å². The molecule has 0 heterocycles. The average Bonchev–Trinajstić information content (AvgIpc) is 3.69. The molecule has 0 unspecified atom stereocenters. The van der Waals surface area contributed by atoms with E-state index in [0.29, 0.717) is 0 Å². The first-order valence-corrected chi connectivity index (χ1v) is 14.0. The number of nitrogens with zero attached hydrogens (tertiary/aromatic N) is 2. The first-order chi connectivity index (χ1) is 18.6. The summed E-state index contributed by atoms with van der Waals surface area (Å²) >= 11 is 0. The Hall–Kier alpha value is -2.32. The van der Waals surface area contributed by atoms with Gasteiger partial charge in [-0.15, -0.1) is 0 Å². The molecular weight excluding hydrogens is 543 g/mol. The Kier molecular flexibility index (Phi) is 12.9. The van der Waals surface area contributed by atoms with Crippen LogP contribution in [0.5, 0.6) is 0 Å². The van der Waals surface area contributed by atoms with E-state index in [9.17, 15) is 10.1 Å². The molecule has 4 nitrogen and oxygen atoms in total. The second kappa shape index (κ2) is 16.1. The van der Waals surface area contributed by atoms with E-state index in [1.54, 1.807) is 12.1 Å². The number of rotatable bonds is 8. The van der Waals surface area contributed by atoms with Crippen molar-refractivity contribution in [2.24, 2.45) is 4.99 Å². The van der Waals surface area contributed by atoms with Crippen molar-refractivity contribution >= 4 is 29.9 Å². The number of nitro benzene ring substituents is 1. The molecule has 196 valence electrons. The van der Waals surface area contributed by atoms with Gasteiger partial charge in [0.05, 0.1) is 11.0 Å². The van der Waals surface area contributed by atoms with E-state index in [1.807, 2.05) is 45.1 Å². The van der Waals surface area contributed by atoms with Gasteiger partial charge in [-0.25, -0.2) is 0 Å². The van der Waals surface area contributed by atoms with Crippen LogP contribution in [-0.4, -0.2) is 16.7 Å². The van der Waals surface area contributed by atoms with Gasteiger partial charge in [-0.3, -0.25) is 15.1 Å². The van der Waals surface area contributed by atoms with Crippen LogP contribution in [0.15, 0.2) is 89.9 Å². The normalized spacial score (nSPS) is 16.8. The van der Waals surface area contributed by atoms with E-state index in [-0.39, 0.29) is 33.7 Å². The van der Waals surface area contributed by atoms with Crippen molar-refractivity contribution in [2.45, 2.75) is 26.3 Å². The van der Waals surface area contributed by atoms with Crippen molar-refractivity contribution in [2.75, 3.05) is 0 Å². The standard InChI is InChI=1S/C28H26N2O2P.C5H5.Fe/c1-3-27(29-21(2)22-12-10-13-23(20-22)30(31)32)26-18-11-19-28(26)33(24-14-6-4-7-15-24)25-16-8-5-9-17-25;1-2-4-5-3-1;/h4-20,27H,3H2,1-2H3;1-5H;/q;;+2/t27-;;/m1../s1. The summed E-state index contributed by atoms with van der Waals surface area (Å²) in [7, 11) is -0.720. The molecule has 3 aromatic carbocycles. The van der Waals surface area contributed by atoms with Crippen LogP contribution in [0.4, 0.5) is 5.69 Å². The SMILES string of the molecule is CC[C@@H](N=C(C)c1cccc([N+](=O)[O-])c1)[C]1[CH][CH][CH][C]1P(c1ccccc1)c1ccccc1.[CH]1[CH][CH][CH][CH]1.[Fe+2]. The molecule has 2 saturated carbocycles. The second-order valence-electron chi connectivity index (χ2n) is 8.78. The third-order valence-corrected chi connectivity index (χ3v) is 8.74. The van der Waals surface area contributed by atoms with Crippen LogP contribution in [0.25, 0.3) is 0 Å². The molecule has 1 atom stereocenters. The van der Waals surface area contributed by atoms with Crippen LogP contribution in [0.3, 0.4) is 0 Å². The zero-order valence-electron chi connectivity index (χ0n) is 22.0. The maximum absolute atomic E-state index is 11.2. The second-order valence-corrected chi connectivity index (χ2v) is 11.0. The zero-order valence-corrected chi connectivity index (χ0v) is 24.0. The van der Waals surface area contributed by atoms with Gasteiger partial charge in [-0.1, -0.05) is 79.7 Å². The Morgan fingerprint density at radius 3 is 1.90 bits per heavy atom. The Labute approximate surface area is 246 Å². The molecule has 10 radical (unpaired) electrons. The van der Waals surface area contributed by atoms with Crippen LogP contribution < -0.4 is 10.6 Å². The van der Waals surface area contributed by atoms with E-state index in [1.165, 1.54) is 28.3 Å². The molecule has 0 spiro atoms. The van der Waals surface area contributed by atoms with Crippen molar-refractivity contribution in [3.63, 3.8) is 0 Å². The van der Waals surface area contributed by atoms with Gasteiger partial charge >= 0.3 is 17.1 Å². The van der Waals surface area contributed by atoms with E-state index in [0.717, 1.165) is 17.7 Å². The summed E-state index contributed by atoms with van der Waals surface area (Å²) in [6.07, 6.45) is 17.4. The van der Waals surface area contributed by atoms with E-state index in [2.05, 4.69) is 86.8 Å². The van der Waals surface area contributed by atoms with Gasteiger partial charge in [0.15, 0.2) is 0 Å². The quantitative estimate of drug-likeness (QED) is 0.0951. The molecule has 2 aliphatic carbocycles. The summed E-state index contributed by atoms with van der Waals surface area (Å²) in [5.41, 5.74) is 2.98. The van der Waals surface area contributed by atoms with Gasteiger partial charge in [-0.05, 0) is 83.2 Å². The van der Waals surface area contributed by atoms with Crippen LogP contribution in [0.1, 0.15) is 25.8 Å². The third kappa shape index (κ3) is 8.58. The van der Waals surface area contributed by atoms with E-state index >= 15 is 0 Å². The van der Waals surface area contributed by atoms with Crippen LogP contribution in [-0.2, 0) is 17.1 Å². The molecule has 39 heavy (non-hydrogen) atoms. The molecule has 2 fully saturated rings. The summed E-state index contributed by atoms with van der Waals surface area (Å²) in [6.45, 7) is 4.07. The number of benzene rings is 3. The van der Waals surface area contributed by atoms with Gasteiger partial charge in [-0.2, -0.15) is 0 Å². The van der Waals surface area contributed by atoms with Crippen LogP contribution >= 0.6 is 7.92 Å². The molecule has 2 aliphatic rings. The zero-order chi connectivity index (χ0) is 26.7. The van der Waals surface area contributed by atoms with Crippen molar-refractivity contribution < 1.29 is 22.0 Å². The van der Waals surface area contributed by atoms with Gasteiger partial charge in [0.2, 0.25) is 0 Å². The van der Waals surface area contributed by atoms with Crippen molar-refractivity contribution in [3.05, 3.63) is 164 Å². The van der Waals surface area contributed by atoms with Gasteiger partial charge in [0.1, 0.15) is 0 Å². The molecule has 0 aromatic heterocycles. The minimum atomic E-state index is -0.720. The Morgan fingerprint density at radius 1 is 0.821 bits per heavy atom. The summed E-state index contributed by atoms with van der Waals surface area (Å²) < 4.78 is 0. The first-order valence-electron chi connectivity index (χ1n) is 12.7. The fourth-order valence-corrected chi connectivity index (χ4v) is 6.86. The summed E-state index contributed by atoms with van der Waals surface area (Å²) in [4.78, 5) is 15.9. The van der Waals surface area contributed by atoms with Crippen LogP contribution in [0, 0.1) is 73.1 Å². The number of non-ortho nitro benzene ring substituents is 1. The smallest absolute Gasteiger partial charge is 0.285 e. The Morgan fingerprint density at radius 2 is 1.38 bits per heavy atom. The minimum absolute atomic E-state index is 0. The molecular formula is C33H31FeN2O2P+2. The fraction of sp³-hybridized carbons (Fsp3) is 0.121. The number of hydrogen-bond donors (Lipinski definition) is 0. The Bertz CT molecular complexity index is 1140. The number of hydrogen-bond acceptors (Lipinski definition) is 3. The average molecular weight is 574 g/mol. The number of nitro groups is 1. The summed E-state index contributed by atoms with van der Waals surface area (Å²) in [5, 5.41) is 13.8. The third-order valence-electron chi connectivity index (χ3n) is 6.22. The molecule has 0 bridgehead atoms. The first kappa shape index (κ1) is 31.2. The largest absolute Gasteiger partial charge is 2.00 e.